The van der Waals surface area contributed by atoms with Crippen LogP contribution in [0.1, 0.15) is 35.3 Å². The molecule has 1 aliphatic heterocycles. The van der Waals surface area contributed by atoms with Crippen LogP contribution < -0.4 is 5.73 Å². The fourth-order valence-corrected chi connectivity index (χ4v) is 3.53. The molecule has 0 unspecified atom stereocenters. The number of likely N-dealkylation sites (tertiary alicyclic amines) is 1. The molecule has 0 saturated carbocycles. The van der Waals surface area contributed by atoms with E-state index in [1.54, 1.807) is 17.0 Å². The predicted octanol–water partition coefficient (Wildman–Crippen LogP) is 3.20. The molecule has 4 rings (SSSR count). The summed E-state index contributed by atoms with van der Waals surface area (Å²) in [6.45, 7) is 1.10. The number of fused-ring (bicyclic) bond motifs is 1. The summed E-state index contributed by atoms with van der Waals surface area (Å²) in [6.07, 6.45) is 2.85. The van der Waals surface area contributed by atoms with Gasteiger partial charge < -0.3 is 20.7 Å². The van der Waals surface area contributed by atoms with Gasteiger partial charge in [0.05, 0.1) is 11.1 Å². The van der Waals surface area contributed by atoms with E-state index in [4.69, 9.17) is 17.3 Å². The van der Waals surface area contributed by atoms with Crippen LogP contribution in [0.25, 0.3) is 11.0 Å². The van der Waals surface area contributed by atoms with Crippen LogP contribution in [0.5, 0.6) is 0 Å². The van der Waals surface area contributed by atoms with Gasteiger partial charge >= 0.3 is 0 Å². The number of piperidine rings is 1. The lowest BCUT2D eigenvalue weighted by molar-refractivity contribution is -0.133. The van der Waals surface area contributed by atoms with Crippen molar-refractivity contribution in [2.75, 3.05) is 13.1 Å². The molecular formula is C22H23ClF2N4O3. The summed E-state index contributed by atoms with van der Waals surface area (Å²) < 4.78 is 26.1. The zero-order valence-electron chi connectivity index (χ0n) is 17.2. The number of halogens is 3. The Morgan fingerprint density at radius 2 is 1.94 bits per heavy atom. The Kier molecular flexibility index (Phi) is 7.76. The van der Waals surface area contributed by atoms with Crippen molar-refractivity contribution < 1.29 is 23.5 Å². The number of nitrogens with one attached hydrogen (secondary N) is 1. The molecule has 0 spiro atoms. The Balaban J connectivity index is 0.000000193. The van der Waals surface area contributed by atoms with Crippen molar-refractivity contribution in [1.29, 1.82) is 0 Å². The minimum atomic E-state index is -0.613. The number of benzene rings is 1. The molecule has 0 atom stereocenters. The highest BCUT2D eigenvalue weighted by Crippen LogP contribution is 2.17. The summed E-state index contributed by atoms with van der Waals surface area (Å²) >= 11 is 5.71. The van der Waals surface area contributed by atoms with Crippen molar-refractivity contribution in [3.05, 3.63) is 64.4 Å². The van der Waals surface area contributed by atoms with E-state index < -0.39 is 17.5 Å². The smallest absolute Gasteiger partial charge is 0.265 e. The van der Waals surface area contributed by atoms with Crippen LogP contribution >= 0.6 is 11.6 Å². The third kappa shape index (κ3) is 6.24. The van der Waals surface area contributed by atoms with E-state index in [0.29, 0.717) is 47.9 Å². The number of hydrogen-bond acceptors (Lipinski definition) is 4. The Morgan fingerprint density at radius 3 is 2.59 bits per heavy atom. The van der Waals surface area contributed by atoms with Crippen LogP contribution in [0.2, 0.25) is 5.02 Å². The summed E-state index contributed by atoms with van der Waals surface area (Å²) in [6, 6.07) is 6.73. The van der Waals surface area contributed by atoms with Gasteiger partial charge in [0, 0.05) is 37.2 Å². The molecule has 0 aliphatic carbocycles. The van der Waals surface area contributed by atoms with E-state index in [0.717, 1.165) is 11.5 Å². The second kappa shape index (κ2) is 10.5. The van der Waals surface area contributed by atoms with Gasteiger partial charge in [-0.05, 0) is 43.0 Å². The SMILES string of the molecule is NC(=O)c1cc2cc(Cl)cnc2[nH]1.O=C(CCc1ccc(F)cc1F)N1CCC(O)CC1. The van der Waals surface area contributed by atoms with Crippen molar-refractivity contribution in [2.24, 2.45) is 5.73 Å². The van der Waals surface area contributed by atoms with Crippen molar-refractivity contribution in [3.63, 3.8) is 0 Å². The minimum Gasteiger partial charge on any atom is -0.393 e. The number of H-pyrrole nitrogens is 1. The van der Waals surface area contributed by atoms with Gasteiger partial charge in [-0.3, -0.25) is 9.59 Å². The molecule has 32 heavy (non-hydrogen) atoms. The first-order valence-electron chi connectivity index (χ1n) is 10.1. The number of hydrogen-bond donors (Lipinski definition) is 3. The molecule has 0 bridgehead atoms. The Labute approximate surface area is 188 Å². The lowest BCUT2D eigenvalue weighted by atomic mass is 10.1. The normalized spacial score (nSPS) is 14.2. The Bertz CT molecular complexity index is 1110. The lowest BCUT2D eigenvalue weighted by Crippen LogP contribution is -2.40. The summed E-state index contributed by atoms with van der Waals surface area (Å²) in [5.41, 5.74) is 6.39. The first-order chi connectivity index (χ1) is 15.2. The fraction of sp³-hybridized carbons (Fsp3) is 0.318. The molecule has 2 aromatic heterocycles. The molecule has 170 valence electrons. The molecule has 3 heterocycles. The number of nitrogens with zero attached hydrogens (tertiary/aromatic N) is 2. The molecule has 0 radical (unpaired) electrons. The van der Waals surface area contributed by atoms with Crippen molar-refractivity contribution in [3.8, 4) is 0 Å². The highest BCUT2D eigenvalue weighted by atomic mass is 35.5. The predicted molar refractivity (Wildman–Crippen MR) is 116 cm³/mol. The average molecular weight is 465 g/mol. The monoisotopic (exact) mass is 464 g/mol. The van der Waals surface area contributed by atoms with Gasteiger partial charge in [0.25, 0.3) is 5.91 Å². The summed E-state index contributed by atoms with van der Waals surface area (Å²) in [7, 11) is 0. The summed E-state index contributed by atoms with van der Waals surface area (Å²) in [5.74, 6) is -1.77. The van der Waals surface area contributed by atoms with Crippen LogP contribution in [0.4, 0.5) is 8.78 Å². The van der Waals surface area contributed by atoms with Crippen LogP contribution in [0.15, 0.2) is 36.5 Å². The first-order valence-corrected chi connectivity index (χ1v) is 10.4. The van der Waals surface area contributed by atoms with E-state index in [1.165, 1.54) is 18.3 Å². The number of aliphatic hydroxyl groups is 1. The zero-order chi connectivity index (χ0) is 23.3. The third-order valence-corrected chi connectivity index (χ3v) is 5.35. The second-order valence-corrected chi connectivity index (χ2v) is 7.92. The minimum absolute atomic E-state index is 0.0457. The van der Waals surface area contributed by atoms with Crippen LogP contribution in [-0.2, 0) is 11.2 Å². The number of aliphatic hydroxyl groups excluding tert-OH is 1. The van der Waals surface area contributed by atoms with E-state index in [9.17, 15) is 23.5 Å². The van der Waals surface area contributed by atoms with E-state index >= 15 is 0 Å². The fourth-order valence-electron chi connectivity index (χ4n) is 3.36. The number of amides is 2. The maximum Gasteiger partial charge on any atom is 0.265 e. The lowest BCUT2D eigenvalue weighted by Gasteiger charge is -2.29. The van der Waals surface area contributed by atoms with Gasteiger partial charge in [0.15, 0.2) is 0 Å². The van der Waals surface area contributed by atoms with Crippen molar-refractivity contribution in [1.82, 2.24) is 14.9 Å². The average Bonchev–Trinajstić information content (AvgIpc) is 3.17. The van der Waals surface area contributed by atoms with Crippen molar-refractivity contribution >= 4 is 34.4 Å². The molecule has 2 amide bonds. The number of rotatable bonds is 4. The number of nitrogens with two attached hydrogens (primary N) is 1. The molecule has 1 aliphatic rings. The second-order valence-electron chi connectivity index (χ2n) is 7.49. The van der Waals surface area contributed by atoms with E-state index in [2.05, 4.69) is 9.97 Å². The number of aryl methyl sites for hydroxylation is 1. The quantitative estimate of drug-likeness (QED) is 0.550. The number of aromatic nitrogens is 2. The first kappa shape index (κ1) is 23.6. The van der Waals surface area contributed by atoms with Gasteiger partial charge in [-0.15, -0.1) is 0 Å². The topological polar surface area (TPSA) is 112 Å². The zero-order valence-corrected chi connectivity index (χ0v) is 17.9. The molecule has 3 aromatic rings. The maximum atomic E-state index is 13.4. The van der Waals surface area contributed by atoms with E-state index in [1.807, 2.05) is 0 Å². The molecule has 1 aromatic carbocycles. The van der Waals surface area contributed by atoms with Gasteiger partial charge in [-0.25, -0.2) is 13.8 Å². The summed E-state index contributed by atoms with van der Waals surface area (Å²) in [5, 5.41) is 10.7. The molecule has 10 heteroatoms. The molecule has 1 fully saturated rings. The number of pyridine rings is 1. The standard InChI is InChI=1S/C14H17F2NO2.C8H6ClN3O/c15-11-3-1-10(13(16)9-11)2-4-14(19)17-7-5-12(18)6-8-17;9-5-1-4-2-6(7(10)13)12-8(4)11-3-5/h1,3,9,12,18H,2,4-8H2;1-3H,(H2,10,13)(H,11,12). The maximum absolute atomic E-state index is 13.4. The summed E-state index contributed by atoms with van der Waals surface area (Å²) in [4.78, 5) is 31.1. The van der Waals surface area contributed by atoms with Crippen molar-refractivity contribution in [2.45, 2.75) is 31.8 Å². The molecular weight excluding hydrogens is 442 g/mol. The number of aromatic amines is 1. The number of carbonyl (C=O) groups is 2. The molecule has 4 N–H and O–H groups in total. The third-order valence-electron chi connectivity index (χ3n) is 5.14. The van der Waals surface area contributed by atoms with Gasteiger partial charge in [-0.1, -0.05) is 17.7 Å². The number of primary amides is 1. The van der Waals surface area contributed by atoms with E-state index in [-0.39, 0.29) is 24.9 Å². The van der Waals surface area contributed by atoms with Crippen LogP contribution in [0, 0.1) is 11.6 Å². The van der Waals surface area contributed by atoms with Gasteiger partial charge in [0.1, 0.15) is 23.0 Å². The highest BCUT2D eigenvalue weighted by Gasteiger charge is 2.21. The highest BCUT2D eigenvalue weighted by molar-refractivity contribution is 6.31. The van der Waals surface area contributed by atoms with Gasteiger partial charge in [-0.2, -0.15) is 0 Å². The van der Waals surface area contributed by atoms with Crippen LogP contribution in [0.3, 0.4) is 0 Å². The Morgan fingerprint density at radius 1 is 1.22 bits per heavy atom. The Hall–Kier alpha value is -3.04. The number of carbonyl (C=O) groups excluding carboxylic acids is 2. The van der Waals surface area contributed by atoms with Crippen LogP contribution in [-0.4, -0.2) is 51.0 Å². The molecule has 1 saturated heterocycles. The van der Waals surface area contributed by atoms with Gasteiger partial charge in [0.2, 0.25) is 5.91 Å². The largest absolute Gasteiger partial charge is 0.393 e. The molecule has 7 nitrogen and oxygen atoms in total.